The molecule has 158 valence electrons. The first-order valence-corrected chi connectivity index (χ1v) is 9.03. The Morgan fingerprint density at radius 2 is 1.77 bits per heavy atom. The molecular formula is C22H14F4N2O3. The molecule has 0 atom stereocenters. The van der Waals surface area contributed by atoms with Crippen molar-refractivity contribution in [2.75, 3.05) is 5.01 Å². The first-order valence-electron chi connectivity index (χ1n) is 9.03. The van der Waals surface area contributed by atoms with Gasteiger partial charge in [0.25, 0.3) is 12.3 Å². The molecule has 9 heteroatoms. The summed E-state index contributed by atoms with van der Waals surface area (Å²) in [7, 11) is 0. The van der Waals surface area contributed by atoms with Gasteiger partial charge in [0.15, 0.2) is 17.4 Å². The minimum atomic E-state index is -2.69. The van der Waals surface area contributed by atoms with Crippen LogP contribution in [0.3, 0.4) is 0 Å². The lowest BCUT2D eigenvalue weighted by molar-refractivity contribution is -0.114. The predicted molar refractivity (Wildman–Crippen MR) is 106 cm³/mol. The summed E-state index contributed by atoms with van der Waals surface area (Å²) in [5, 5.41) is 14.0. The van der Waals surface area contributed by atoms with Crippen LogP contribution in [0, 0.1) is 11.6 Å². The summed E-state index contributed by atoms with van der Waals surface area (Å²) in [5.41, 5.74) is 0.184. The molecule has 0 saturated heterocycles. The average molecular weight is 430 g/mol. The van der Waals surface area contributed by atoms with Crippen LogP contribution in [0.15, 0.2) is 63.6 Å². The summed E-state index contributed by atoms with van der Waals surface area (Å²) in [6, 6.07) is 10.5. The summed E-state index contributed by atoms with van der Waals surface area (Å²) in [6.07, 6.45) is -1.32. The Labute approximate surface area is 173 Å². The molecule has 1 N–H and O–H groups in total. The van der Waals surface area contributed by atoms with Crippen molar-refractivity contribution < 1.29 is 31.9 Å². The van der Waals surface area contributed by atoms with Crippen LogP contribution in [-0.4, -0.2) is 16.7 Å². The standard InChI is InChI=1S/C22H14F4N2O3/c1-11-16(22(30)28(27-11)12-8-17(23)20(29)18(24)9-12)10-13-6-7-19(31-13)14-4-2-3-5-15(14)21(25)26/h2-10,21,29H,1H3/b16-10-. The third-order valence-electron chi connectivity index (χ3n) is 4.68. The molecule has 0 spiro atoms. The molecule has 0 fully saturated rings. The second kappa shape index (κ2) is 7.75. The van der Waals surface area contributed by atoms with Gasteiger partial charge in [-0.1, -0.05) is 24.3 Å². The van der Waals surface area contributed by atoms with E-state index in [1.165, 1.54) is 43.3 Å². The van der Waals surface area contributed by atoms with Gasteiger partial charge in [0.05, 0.1) is 17.0 Å². The van der Waals surface area contributed by atoms with Crippen LogP contribution in [0.2, 0.25) is 0 Å². The Morgan fingerprint density at radius 1 is 1.10 bits per heavy atom. The molecular weight excluding hydrogens is 416 g/mol. The van der Waals surface area contributed by atoms with E-state index >= 15 is 0 Å². The van der Waals surface area contributed by atoms with Gasteiger partial charge in [-0.05, 0) is 25.1 Å². The molecule has 0 bridgehead atoms. The smallest absolute Gasteiger partial charge is 0.280 e. The second-order valence-electron chi connectivity index (χ2n) is 6.71. The van der Waals surface area contributed by atoms with Gasteiger partial charge in [0.1, 0.15) is 11.5 Å². The molecule has 3 aromatic rings. The topological polar surface area (TPSA) is 66.0 Å². The van der Waals surface area contributed by atoms with E-state index in [-0.39, 0.29) is 39.6 Å². The minimum absolute atomic E-state index is 0.0944. The number of benzene rings is 2. The number of furan rings is 1. The Morgan fingerprint density at radius 3 is 2.45 bits per heavy atom. The number of phenols is 1. The van der Waals surface area contributed by atoms with Gasteiger partial charge in [0, 0.05) is 23.3 Å². The normalized spacial score (nSPS) is 15.3. The van der Waals surface area contributed by atoms with E-state index in [9.17, 15) is 27.5 Å². The number of hydrazone groups is 1. The minimum Gasteiger partial charge on any atom is -0.503 e. The third kappa shape index (κ3) is 3.70. The second-order valence-corrected chi connectivity index (χ2v) is 6.71. The van der Waals surface area contributed by atoms with Gasteiger partial charge < -0.3 is 9.52 Å². The highest BCUT2D eigenvalue weighted by atomic mass is 19.3. The molecule has 1 aliphatic heterocycles. The van der Waals surface area contributed by atoms with E-state index in [0.717, 1.165) is 17.1 Å². The number of carbonyl (C=O) groups excluding carboxylic acids is 1. The number of rotatable bonds is 4. The molecule has 0 saturated carbocycles. The summed E-state index contributed by atoms with van der Waals surface area (Å²) in [5.74, 6) is -3.89. The molecule has 2 heterocycles. The van der Waals surface area contributed by atoms with Crippen LogP contribution < -0.4 is 5.01 Å². The number of aromatic hydroxyl groups is 1. The van der Waals surface area contributed by atoms with Crippen molar-refractivity contribution in [2.45, 2.75) is 13.3 Å². The predicted octanol–water partition coefficient (Wildman–Crippen LogP) is 5.67. The Kier molecular flexibility index (Phi) is 5.10. The van der Waals surface area contributed by atoms with Gasteiger partial charge in [0.2, 0.25) is 0 Å². The van der Waals surface area contributed by atoms with Crippen LogP contribution in [0.4, 0.5) is 23.2 Å². The molecule has 0 unspecified atom stereocenters. The van der Waals surface area contributed by atoms with Crippen LogP contribution in [-0.2, 0) is 4.79 Å². The summed E-state index contributed by atoms with van der Waals surface area (Å²) in [6.45, 7) is 1.52. The molecule has 31 heavy (non-hydrogen) atoms. The van der Waals surface area contributed by atoms with Crippen molar-refractivity contribution >= 4 is 23.4 Å². The lowest BCUT2D eigenvalue weighted by atomic mass is 10.1. The average Bonchev–Trinajstić information content (AvgIpc) is 3.32. The van der Waals surface area contributed by atoms with Crippen molar-refractivity contribution in [3.8, 4) is 17.1 Å². The SMILES string of the molecule is CC1=NN(c2cc(F)c(O)c(F)c2)C(=O)/C1=C\c1ccc(-c2ccccc2C(F)F)o1. The molecule has 1 aromatic heterocycles. The lowest BCUT2D eigenvalue weighted by Crippen LogP contribution is -2.21. The number of nitrogens with zero attached hydrogens (tertiary/aromatic N) is 2. The van der Waals surface area contributed by atoms with E-state index in [4.69, 9.17) is 4.42 Å². The molecule has 1 amide bonds. The van der Waals surface area contributed by atoms with Gasteiger partial charge in [-0.3, -0.25) is 4.79 Å². The summed E-state index contributed by atoms with van der Waals surface area (Å²) < 4.78 is 59.4. The Bertz CT molecular complexity index is 1220. The number of hydrogen-bond donors (Lipinski definition) is 1. The number of anilines is 1. The molecule has 4 rings (SSSR count). The van der Waals surface area contributed by atoms with E-state index in [1.54, 1.807) is 6.07 Å². The molecule has 0 radical (unpaired) electrons. The zero-order chi connectivity index (χ0) is 22.3. The van der Waals surface area contributed by atoms with E-state index < -0.39 is 29.7 Å². The summed E-state index contributed by atoms with van der Waals surface area (Å²) >= 11 is 0. The summed E-state index contributed by atoms with van der Waals surface area (Å²) in [4.78, 5) is 12.7. The number of amides is 1. The fourth-order valence-corrected chi connectivity index (χ4v) is 3.16. The number of halogens is 4. The number of carbonyl (C=O) groups is 1. The maximum absolute atomic E-state index is 13.7. The van der Waals surface area contributed by atoms with Gasteiger partial charge in [-0.25, -0.2) is 17.6 Å². The van der Waals surface area contributed by atoms with Crippen LogP contribution >= 0.6 is 0 Å². The third-order valence-corrected chi connectivity index (χ3v) is 4.68. The van der Waals surface area contributed by atoms with Crippen molar-refractivity contribution in [2.24, 2.45) is 5.10 Å². The van der Waals surface area contributed by atoms with Gasteiger partial charge >= 0.3 is 0 Å². The zero-order valence-electron chi connectivity index (χ0n) is 15.9. The van der Waals surface area contributed by atoms with Crippen molar-refractivity contribution in [3.05, 3.63) is 77.1 Å². The quantitative estimate of drug-likeness (QED) is 0.428. The van der Waals surface area contributed by atoms with Crippen LogP contribution in [0.5, 0.6) is 5.75 Å². The van der Waals surface area contributed by atoms with Crippen LogP contribution in [0.25, 0.3) is 17.4 Å². The number of hydrogen-bond acceptors (Lipinski definition) is 4. The highest BCUT2D eigenvalue weighted by Gasteiger charge is 2.30. The number of alkyl halides is 2. The van der Waals surface area contributed by atoms with Crippen molar-refractivity contribution in [1.29, 1.82) is 0 Å². The number of phenolic OH excluding ortho intramolecular Hbond substituents is 1. The van der Waals surface area contributed by atoms with Crippen LogP contribution in [0.1, 0.15) is 24.7 Å². The molecule has 5 nitrogen and oxygen atoms in total. The zero-order valence-corrected chi connectivity index (χ0v) is 15.9. The van der Waals surface area contributed by atoms with Gasteiger partial charge in [-0.2, -0.15) is 10.1 Å². The molecule has 2 aromatic carbocycles. The Hall–Kier alpha value is -3.88. The fourth-order valence-electron chi connectivity index (χ4n) is 3.16. The largest absolute Gasteiger partial charge is 0.503 e. The Balaban J connectivity index is 1.66. The van der Waals surface area contributed by atoms with E-state index in [0.29, 0.717) is 0 Å². The fraction of sp³-hybridized carbons (Fsp3) is 0.0909. The highest BCUT2D eigenvalue weighted by molar-refractivity contribution is 6.32. The lowest BCUT2D eigenvalue weighted by Gasteiger charge is -2.12. The van der Waals surface area contributed by atoms with E-state index in [1.807, 2.05) is 0 Å². The molecule has 1 aliphatic rings. The van der Waals surface area contributed by atoms with E-state index in [2.05, 4.69) is 5.10 Å². The maximum atomic E-state index is 13.7. The first-order chi connectivity index (χ1) is 14.8. The first kappa shape index (κ1) is 20.4. The maximum Gasteiger partial charge on any atom is 0.280 e. The van der Waals surface area contributed by atoms with Crippen molar-refractivity contribution in [3.63, 3.8) is 0 Å². The monoisotopic (exact) mass is 430 g/mol. The highest BCUT2D eigenvalue weighted by Crippen LogP contribution is 2.34. The molecule has 0 aliphatic carbocycles. The van der Waals surface area contributed by atoms with Gasteiger partial charge in [-0.15, -0.1) is 0 Å². The van der Waals surface area contributed by atoms with Crippen molar-refractivity contribution in [1.82, 2.24) is 0 Å².